The third-order valence-electron chi connectivity index (χ3n) is 1.51. The van der Waals surface area contributed by atoms with Crippen LogP contribution >= 0.6 is 12.0 Å². The van der Waals surface area contributed by atoms with Gasteiger partial charge in [-0.2, -0.15) is 0 Å². The molecule has 0 amide bonds. The fourth-order valence-electron chi connectivity index (χ4n) is 0.877. The van der Waals surface area contributed by atoms with E-state index in [9.17, 15) is 0 Å². The Labute approximate surface area is 85.7 Å². The average Bonchev–Trinajstić information content (AvgIpc) is 2.23. The minimum absolute atomic E-state index is 1.10. The molecule has 0 aliphatic rings. The minimum atomic E-state index is 1.10. The summed E-state index contributed by atoms with van der Waals surface area (Å²) in [6.07, 6.45) is 1.10. The van der Waals surface area contributed by atoms with Gasteiger partial charge in [0.1, 0.15) is 0 Å². The Bertz CT molecular complexity index is 206. The van der Waals surface area contributed by atoms with Gasteiger partial charge in [0.05, 0.1) is 7.11 Å². The Morgan fingerprint density at radius 3 is 2.08 bits per heavy atom. The van der Waals surface area contributed by atoms with E-state index in [0.29, 0.717) is 0 Å². The molecule has 0 bridgehead atoms. The van der Waals surface area contributed by atoms with Crippen molar-refractivity contribution in [1.29, 1.82) is 0 Å². The molecule has 0 spiro atoms. The number of benzene rings is 1. The lowest BCUT2D eigenvalue weighted by atomic mass is 10.2. The van der Waals surface area contributed by atoms with Crippen LogP contribution in [0.4, 0.5) is 0 Å². The fourth-order valence-corrected chi connectivity index (χ4v) is 1.32. The molecule has 0 atom stereocenters. The standard InChI is InChI=1S/C9H12OS.C2H6/c1-3-8-4-6-9(7-5-8)11-10-2;1-2/h4-7H,3H2,1-2H3;1-2H3. The molecule has 13 heavy (non-hydrogen) atoms. The maximum Gasteiger partial charge on any atom is 0.0508 e. The second kappa shape index (κ2) is 8.14. The van der Waals surface area contributed by atoms with Crippen molar-refractivity contribution in [1.82, 2.24) is 0 Å². The van der Waals surface area contributed by atoms with Crippen LogP contribution in [-0.2, 0) is 10.6 Å². The van der Waals surface area contributed by atoms with E-state index in [-0.39, 0.29) is 0 Å². The van der Waals surface area contributed by atoms with Gasteiger partial charge in [-0.15, -0.1) is 0 Å². The van der Waals surface area contributed by atoms with E-state index < -0.39 is 0 Å². The summed E-state index contributed by atoms with van der Waals surface area (Å²) in [6, 6.07) is 8.41. The first-order valence-corrected chi connectivity index (χ1v) is 5.40. The van der Waals surface area contributed by atoms with Crippen molar-refractivity contribution >= 4 is 12.0 Å². The van der Waals surface area contributed by atoms with Crippen LogP contribution in [-0.4, -0.2) is 7.11 Å². The van der Waals surface area contributed by atoms with E-state index >= 15 is 0 Å². The van der Waals surface area contributed by atoms with E-state index in [0.717, 1.165) is 11.3 Å². The SMILES string of the molecule is CC.CCc1ccc(SOC)cc1. The van der Waals surface area contributed by atoms with Crippen LogP contribution < -0.4 is 0 Å². The van der Waals surface area contributed by atoms with Crippen LogP contribution in [0.1, 0.15) is 26.3 Å². The van der Waals surface area contributed by atoms with E-state index in [1.807, 2.05) is 13.8 Å². The first-order chi connectivity index (χ1) is 6.36. The average molecular weight is 198 g/mol. The molecule has 0 heterocycles. The normalized spacial score (nSPS) is 8.92. The van der Waals surface area contributed by atoms with Crippen LogP contribution in [0.5, 0.6) is 0 Å². The first-order valence-electron chi connectivity index (χ1n) is 4.66. The van der Waals surface area contributed by atoms with Crippen LogP contribution in [0.2, 0.25) is 0 Å². The molecule has 0 saturated carbocycles. The summed E-state index contributed by atoms with van der Waals surface area (Å²) in [5, 5.41) is 0. The Morgan fingerprint density at radius 2 is 1.69 bits per heavy atom. The monoisotopic (exact) mass is 198 g/mol. The summed E-state index contributed by atoms with van der Waals surface area (Å²) < 4.78 is 4.92. The van der Waals surface area contributed by atoms with Gasteiger partial charge in [0.25, 0.3) is 0 Å². The lowest BCUT2D eigenvalue weighted by Crippen LogP contribution is -1.78. The van der Waals surface area contributed by atoms with E-state index in [4.69, 9.17) is 4.18 Å². The Balaban J connectivity index is 0.000000671. The van der Waals surface area contributed by atoms with Gasteiger partial charge < -0.3 is 4.18 Å². The highest BCUT2D eigenvalue weighted by Crippen LogP contribution is 2.18. The van der Waals surface area contributed by atoms with E-state index in [2.05, 4.69) is 31.2 Å². The van der Waals surface area contributed by atoms with Crippen LogP contribution in [0.25, 0.3) is 0 Å². The van der Waals surface area contributed by atoms with Gasteiger partial charge in [0.15, 0.2) is 0 Å². The third kappa shape index (κ3) is 4.96. The molecular formula is C11H18OS. The van der Waals surface area contributed by atoms with Crippen LogP contribution in [0.15, 0.2) is 29.2 Å². The summed E-state index contributed by atoms with van der Waals surface area (Å²) in [5.41, 5.74) is 1.37. The van der Waals surface area contributed by atoms with Crippen molar-refractivity contribution in [3.63, 3.8) is 0 Å². The zero-order chi connectivity index (χ0) is 10.1. The van der Waals surface area contributed by atoms with Crippen LogP contribution in [0.3, 0.4) is 0 Å². The summed E-state index contributed by atoms with van der Waals surface area (Å²) >= 11 is 1.39. The van der Waals surface area contributed by atoms with Gasteiger partial charge in [0, 0.05) is 16.9 Å². The van der Waals surface area contributed by atoms with Gasteiger partial charge in [-0.3, -0.25) is 0 Å². The second-order valence-corrected chi connectivity index (χ2v) is 3.22. The molecule has 0 N–H and O–H groups in total. The van der Waals surface area contributed by atoms with Gasteiger partial charge in [-0.1, -0.05) is 32.9 Å². The largest absolute Gasteiger partial charge is 0.314 e. The maximum absolute atomic E-state index is 4.92. The number of rotatable bonds is 3. The Hall–Kier alpha value is -0.470. The first kappa shape index (κ1) is 12.5. The molecule has 0 radical (unpaired) electrons. The summed E-state index contributed by atoms with van der Waals surface area (Å²) in [6.45, 7) is 6.15. The molecule has 0 unspecified atom stereocenters. The van der Waals surface area contributed by atoms with Gasteiger partial charge in [0.2, 0.25) is 0 Å². The van der Waals surface area contributed by atoms with Crippen molar-refractivity contribution in [2.24, 2.45) is 0 Å². The molecule has 1 aromatic carbocycles. The Morgan fingerprint density at radius 1 is 1.15 bits per heavy atom. The molecule has 0 fully saturated rings. The van der Waals surface area contributed by atoms with Gasteiger partial charge in [-0.05, 0) is 24.1 Å². The second-order valence-electron chi connectivity index (χ2n) is 2.25. The summed E-state index contributed by atoms with van der Waals surface area (Å²) in [7, 11) is 1.68. The zero-order valence-electron chi connectivity index (χ0n) is 8.83. The topological polar surface area (TPSA) is 9.23 Å². The van der Waals surface area contributed by atoms with Crippen molar-refractivity contribution in [3.8, 4) is 0 Å². The summed E-state index contributed by atoms with van der Waals surface area (Å²) in [4.78, 5) is 1.16. The summed E-state index contributed by atoms with van der Waals surface area (Å²) in [5.74, 6) is 0. The molecule has 1 aromatic rings. The molecule has 0 aromatic heterocycles. The number of hydrogen-bond donors (Lipinski definition) is 0. The third-order valence-corrected chi connectivity index (χ3v) is 2.14. The quantitative estimate of drug-likeness (QED) is 0.681. The molecule has 0 saturated heterocycles. The molecule has 2 heteroatoms. The fraction of sp³-hybridized carbons (Fsp3) is 0.455. The molecule has 0 aliphatic heterocycles. The molecule has 1 rings (SSSR count). The van der Waals surface area contributed by atoms with Gasteiger partial charge >= 0.3 is 0 Å². The number of aryl methyl sites for hydroxylation is 1. The smallest absolute Gasteiger partial charge is 0.0508 e. The van der Waals surface area contributed by atoms with Gasteiger partial charge in [-0.25, -0.2) is 0 Å². The zero-order valence-corrected chi connectivity index (χ0v) is 9.65. The lowest BCUT2D eigenvalue weighted by Gasteiger charge is -1.98. The van der Waals surface area contributed by atoms with E-state index in [1.54, 1.807) is 7.11 Å². The van der Waals surface area contributed by atoms with Crippen LogP contribution in [0, 0.1) is 0 Å². The van der Waals surface area contributed by atoms with Crippen molar-refractivity contribution in [2.45, 2.75) is 32.1 Å². The Kier molecular flexibility index (Phi) is 7.85. The highest BCUT2D eigenvalue weighted by Gasteiger charge is 1.91. The number of hydrogen-bond acceptors (Lipinski definition) is 2. The van der Waals surface area contributed by atoms with Crippen molar-refractivity contribution in [3.05, 3.63) is 29.8 Å². The highest BCUT2D eigenvalue weighted by atomic mass is 32.2. The minimum Gasteiger partial charge on any atom is -0.314 e. The maximum atomic E-state index is 4.92. The molecule has 1 nitrogen and oxygen atoms in total. The van der Waals surface area contributed by atoms with Crippen molar-refractivity contribution < 1.29 is 4.18 Å². The molecule has 0 aliphatic carbocycles. The predicted octanol–water partition coefficient (Wildman–Crippen LogP) is 3.93. The lowest BCUT2D eigenvalue weighted by molar-refractivity contribution is 0.490. The molecular weight excluding hydrogens is 180 g/mol. The van der Waals surface area contributed by atoms with Crippen molar-refractivity contribution in [2.75, 3.05) is 7.11 Å². The van der Waals surface area contributed by atoms with E-state index in [1.165, 1.54) is 17.6 Å². The highest BCUT2D eigenvalue weighted by molar-refractivity contribution is 7.94. The predicted molar refractivity (Wildman–Crippen MR) is 60.0 cm³/mol. The molecule has 74 valence electrons.